The van der Waals surface area contributed by atoms with E-state index in [9.17, 15) is 0 Å². The largest absolute Gasteiger partial charge is 0.244 e. The zero-order valence-corrected chi connectivity index (χ0v) is 9.33. The molecular weight excluding hydrogens is 290 g/mol. The molecule has 2 aromatic heterocycles. The number of halogens is 2. The molecule has 0 saturated carbocycles. The molecular formula is C7H3Br2NS. The molecule has 56 valence electrons. The summed E-state index contributed by atoms with van der Waals surface area (Å²) < 4.78 is 2.15. The molecule has 4 heteroatoms. The quantitative estimate of drug-likeness (QED) is 0.719. The number of hydrogen-bond acceptors (Lipinski definition) is 2. The molecule has 0 N–H and O–H groups in total. The van der Waals surface area contributed by atoms with Gasteiger partial charge < -0.3 is 0 Å². The van der Waals surface area contributed by atoms with E-state index in [1.54, 1.807) is 11.3 Å². The van der Waals surface area contributed by atoms with Gasteiger partial charge >= 0.3 is 0 Å². The fraction of sp³-hybridized carbons (Fsp3) is 0. The van der Waals surface area contributed by atoms with Gasteiger partial charge in [0, 0.05) is 16.1 Å². The van der Waals surface area contributed by atoms with Crippen LogP contribution in [0.25, 0.3) is 10.2 Å². The zero-order valence-electron chi connectivity index (χ0n) is 5.34. The SMILES string of the molecule is Brc1cnc2sc(Br)cc2c1. The van der Waals surface area contributed by atoms with Gasteiger partial charge in [0.15, 0.2) is 0 Å². The summed E-state index contributed by atoms with van der Waals surface area (Å²) in [7, 11) is 0. The van der Waals surface area contributed by atoms with E-state index in [1.807, 2.05) is 6.20 Å². The molecule has 2 aromatic rings. The minimum absolute atomic E-state index is 1.02. The lowest BCUT2D eigenvalue weighted by Gasteiger charge is -1.87. The highest BCUT2D eigenvalue weighted by atomic mass is 79.9. The summed E-state index contributed by atoms with van der Waals surface area (Å²) in [6.07, 6.45) is 1.81. The predicted octanol–water partition coefficient (Wildman–Crippen LogP) is 3.82. The van der Waals surface area contributed by atoms with Crippen LogP contribution in [0.5, 0.6) is 0 Å². The Bertz CT molecular complexity index is 396. The number of pyridine rings is 1. The molecule has 0 aliphatic rings. The maximum Gasteiger partial charge on any atom is 0.124 e. The van der Waals surface area contributed by atoms with Gasteiger partial charge in [-0.15, -0.1) is 11.3 Å². The number of nitrogens with zero attached hydrogens (tertiary/aromatic N) is 1. The highest BCUT2D eigenvalue weighted by Crippen LogP contribution is 2.29. The van der Waals surface area contributed by atoms with Gasteiger partial charge in [0.05, 0.1) is 3.79 Å². The fourth-order valence-corrected chi connectivity index (χ4v) is 2.64. The molecule has 2 rings (SSSR count). The molecule has 0 bridgehead atoms. The van der Waals surface area contributed by atoms with Crippen molar-refractivity contribution in [1.29, 1.82) is 0 Å². The molecule has 0 saturated heterocycles. The van der Waals surface area contributed by atoms with E-state index in [2.05, 4.69) is 49.0 Å². The first-order valence-electron chi connectivity index (χ1n) is 2.96. The van der Waals surface area contributed by atoms with Gasteiger partial charge in [-0.1, -0.05) is 0 Å². The van der Waals surface area contributed by atoms with Crippen LogP contribution in [0.4, 0.5) is 0 Å². The van der Waals surface area contributed by atoms with Crippen molar-refractivity contribution in [3.63, 3.8) is 0 Å². The smallest absolute Gasteiger partial charge is 0.124 e. The third kappa shape index (κ3) is 1.48. The van der Waals surface area contributed by atoms with Gasteiger partial charge in [-0.2, -0.15) is 0 Å². The summed E-state index contributed by atoms with van der Waals surface area (Å²) >= 11 is 8.43. The molecule has 0 amide bonds. The van der Waals surface area contributed by atoms with E-state index < -0.39 is 0 Å². The van der Waals surface area contributed by atoms with E-state index >= 15 is 0 Å². The Balaban J connectivity index is 2.82. The molecule has 2 heterocycles. The molecule has 0 aliphatic carbocycles. The lowest BCUT2D eigenvalue weighted by molar-refractivity contribution is 1.42. The summed E-state index contributed by atoms with van der Waals surface area (Å²) in [5.74, 6) is 0. The van der Waals surface area contributed by atoms with Crippen LogP contribution in [0, 0.1) is 0 Å². The van der Waals surface area contributed by atoms with E-state index in [1.165, 1.54) is 5.39 Å². The van der Waals surface area contributed by atoms with E-state index in [-0.39, 0.29) is 0 Å². The molecule has 1 nitrogen and oxygen atoms in total. The van der Waals surface area contributed by atoms with Gasteiger partial charge in [0.1, 0.15) is 4.83 Å². The van der Waals surface area contributed by atoms with Crippen molar-refractivity contribution in [2.75, 3.05) is 0 Å². The topological polar surface area (TPSA) is 12.9 Å². The summed E-state index contributed by atoms with van der Waals surface area (Å²) in [6.45, 7) is 0. The van der Waals surface area contributed by atoms with Crippen LogP contribution in [-0.4, -0.2) is 4.98 Å². The van der Waals surface area contributed by atoms with Crippen LogP contribution in [0.2, 0.25) is 0 Å². The molecule has 0 atom stereocenters. The highest BCUT2D eigenvalue weighted by molar-refractivity contribution is 9.11. The van der Waals surface area contributed by atoms with Gasteiger partial charge in [-0.3, -0.25) is 0 Å². The Hall–Kier alpha value is 0.0700. The van der Waals surface area contributed by atoms with Crippen molar-refractivity contribution in [3.05, 3.63) is 26.6 Å². The zero-order chi connectivity index (χ0) is 7.84. The van der Waals surface area contributed by atoms with Gasteiger partial charge in [-0.05, 0) is 44.0 Å². The molecule has 0 aromatic carbocycles. The highest BCUT2D eigenvalue weighted by Gasteiger charge is 1.99. The van der Waals surface area contributed by atoms with Gasteiger partial charge in [-0.25, -0.2) is 4.98 Å². The minimum atomic E-state index is 1.02. The number of aromatic nitrogens is 1. The number of fused-ring (bicyclic) bond motifs is 1. The first kappa shape index (κ1) is 7.71. The molecule has 0 radical (unpaired) electrons. The Labute approximate surface area is 84.7 Å². The maximum absolute atomic E-state index is 4.24. The first-order valence-corrected chi connectivity index (χ1v) is 5.36. The summed E-state index contributed by atoms with van der Waals surface area (Å²) in [5, 5.41) is 1.18. The average molecular weight is 293 g/mol. The number of rotatable bonds is 0. The summed E-state index contributed by atoms with van der Waals surface area (Å²) in [5.41, 5.74) is 0. The second-order valence-electron chi connectivity index (χ2n) is 2.10. The normalized spacial score (nSPS) is 10.7. The van der Waals surface area contributed by atoms with Crippen molar-refractivity contribution < 1.29 is 0 Å². The van der Waals surface area contributed by atoms with Crippen LogP contribution in [0.15, 0.2) is 26.6 Å². The van der Waals surface area contributed by atoms with Crippen molar-refractivity contribution in [2.45, 2.75) is 0 Å². The van der Waals surface area contributed by atoms with Crippen molar-refractivity contribution in [2.24, 2.45) is 0 Å². The van der Waals surface area contributed by atoms with E-state index in [0.717, 1.165) is 13.1 Å². The molecule has 11 heavy (non-hydrogen) atoms. The number of hydrogen-bond donors (Lipinski definition) is 0. The third-order valence-corrected chi connectivity index (χ3v) is 3.30. The lowest BCUT2D eigenvalue weighted by atomic mass is 10.4. The van der Waals surface area contributed by atoms with E-state index in [0.29, 0.717) is 0 Å². The number of thiophene rings is 1. The summed E-state index contributed by atoms with van der Waals surface area (Å²) in [6, 6.07) is 4.13. The Morgan fingerprint density at radius 3 is 2.91 bits per heavy atom. The van der Waals surface area contributed by atoms with Crippen molar-refractivity contribution >= 4 is 53.4 Å². The maximum atomic E-state index is 4.24. The Morgan fingerprint density at radius 2 is 2.09 bits per heavy atom. The minimum Gasteiger partial charge on any atom is -0.244 e. The molecule has 0 aliphatic heterocycles. The monoisotopic (exact) mass is 291 g/mol. The fourth-order valence-electron chi connectivity index (χ4n) is 0.875. The third-order valence-electron chi connectivity index (χ3n) is 1.31. The van der Waals surface area contributed by atoms with Gasteiger partial charge in [0.25, 0.3) is 0 Å². The van der Waals surface area contributed by atoms with Crippen LogP contribution >= 0.6 is 43.2 Å². The van der Waals surface area contributed by atoms with Crippen LogP contribution in [0.3, 0.4) is 0 Å². The molecule has 0 unspecified atom stereocenters. The van der Waals surface area contributed by atoms with Crippen LogP contribution < -0.4 is 0 Å². The Kier molecular flexibility index (Phi) is 1.99. The van der Waals surface area contributed by atoms with Crippen LogP contribution in [0.1, 0.15) is 0 Å². The predicted molar refractivity (Wildman–Crippen MR) is 55.0 cm³/mol. The first-order chi connectivity index (χ1) is 5.25. The van der Waals surface area contributed by atoms with E-state index in [4.69, 9.17) is 0 Å². The summed E-state index contributed by atoms with van der Waals surface area (Å²) in [4.78, 5) is 5.31. The Morgan fingerprint density at radius 1 is 1.27 bits per heavy atom. The van der Waals surface area contributed by atoms with Gasteiger partial charge in [0.2, 0.25) is 0 Å². The molecule has 0 fully saturated rings. The second kappa shape index (κ2) is 2.84. The standard InChI is InChI=1S/C7H3Br2NS/c8-5-1-4-2-6(9)11-7(4)10-3-5/h1-3H. The average Bonchev–Trinajstić information content (AvgIpc) is 2.27. The second-order valence-corrected chi connectivity index (χ2v) is 5.42. The van der Waals surface area contributed by atoms with Crippen LogP contribution in [-0.2, 0) is 0 Å². The van der Waals surface area contributed by atoms with Crippen molar-refractivity contribution in [3.8, 4) is 0 Å². The lowest BCUT2D eigenvalue weighted by Crippen LogP contribution is -1.69. The molecule has 0 spiro atoms. The van der Waals surface area contributed by atoms with Crippen molar-refractivity contribution in [1.82, 2.24) is 4.98 Å².